The number of anilines is 1. The maximum atomic E-state index is 13.5. The van der Waals surface area contributed by atoms with Gasteiger partial charge in [-0.2, -0.15) is 0 Å². The lowest BCUT2D eigenvalue weighted by atomic mass is 9.83. The molecule has 6 nitrogen and oxygen atoms in total. The van der Waals surface area contributed by atoms with Gasteiger partial charge in [-0.15, -0.1) is 0 Å². The summed E-state index contributed by atoms with van der Waals surface area (Å²) in [5, 5.41) is 13.1. The second kappa shape index (κ2) is 10.3. The fraction of sp³-hybridized carbons (Fsp3) is 0.320. The highest BCUT2D eigenvalue weighted by Crippen LogP contribution is 2.31. The van der Waals surface area contributed by atoms with Crippen LogP contribution in [0.15, 0.2) is 48.7 Å². The number of halogens is 2. The number of nitrogens with zero attached hydrogens (tertiary/aromatic N) is 2. The zero-order valence-electron chi connectivity index (χ0n) is 18.1. The number of pyridine rings is 2. The summed E-state index contributed by atoms with van der Waals surface area (Å²) in [5.74, 6) is -0.521. The second-order valence-electron chi connectivity index (χ2n) is 8.56. The van der Waals surface area contributed by atoms with Gasteiger partial charge in [0.15, 0.2) is 0 Å². The SMILES string of the molecule is NC1CCC(Cc2cc(-c3cc(C(=O)O)cc(NCc4cccc(F)c4)n3)c(Cl)cn2)CC1. The molecule has 1 saturated carbocycles. The lowest BCUT2D eigenvalue weighted by molar-refractivity contribution is 0.0697. The van der Waals surface area contributed by atoms with E-state index in [1.165, 1.54) is 24.3 Å². The highest BCUT2D eigenvalue weighted by atomic mass is 35.5. The van der Waals surface area contributed by atoms with Gasteiger partial charge in [0.2, 0.25) is 0 Å². The Bertz CT molecular complexity index is 1150. The van der Waals surface area contributed by atoms with Gasteiger partial charge in [0.1, 0.15) is 11.6 Å². The van der Waals surface area contributed by atoms with Gasteiger partial charge in [-0.1, -0.05) is 23.7 Å². The minimum absolute atomic E-state index is 0.0810. The van der Waals surface area contributed by atoms with E-state index in [0.29, 0.717) is 34.6 Å². The number of carboxylic acid groups (broad SMARTS) is 1. The molecule has 4 rings (SSSR count). The van der Waals surface area contributed by atoms with Crippen molar-refractivity contribution < 1.29 is 14.3 Å². The van der Waals surface area contributed by atoms with Crippen molar-refractivity contribution in [2.75, 3.05) is 5.32 Å². The molecule has 0 radical (unpaired) electrons. The Labute approximate surface area is 197 Å². The van der Waals surface area contributed by atoms with E-state index >= 15 is 0 Å². The zero-order valence-corrected chi connectivity index (χ0v) is 18.9. The molecule has 0 amide bonds. The third kappa shape index (κ3) is 6.06. The van der Waals surface area contributed by atoms with Crippen molar-refractivity contribution in [1.29, 1.82) is 0 Å². The number of aromatic carboxylic acids is 1. The lowest BCUT2D eigenvalue weighted by Crippen LogP contribution is -2.27. The molecule has 172 valence electrons. The van der Waals surface area contributed by atoms with E-state index in [2.05, 4.69) is 15.3 Å². The molecule has 0 spiro atoms. The summed E-state index contributed by atoms with van der Waals surface area (Å²) < 4.78 is 13.5. The maximum Gasteiger partial charge on any atom is 0.335 e. The van der Waals surface area contributed by atoms with Crippen LogP contribution in [0.5, 0.6) is 0 Å². The van der Waals surface area contributed by atoms with E-state index < -0.39 is 5.97 Å². The summed E-state index contributed by atoms with van der Waals surface area (Å²) in [5.41, 5.74) is 8.78. The Kier molecular flexibility index (Phi) is 7.20. The number of nitrogens with one attached hydrogen (secondary N) is 1. The van der Waals surface area contributed by atoms with Crippen LogP contribution < -0.4 is 11.1 Å². The molecule has 1 fully saturated rings. The van der Waals surface area contributed by atoms with Crippen LogP contribution in [0.2, 0.25) is 5.02 Å². The first-order valence-corrected chi connectivity index (χ1v) is 11.4. The number of rotatable bonds is 7. The zero-order chi connectivity index (χ0) is 23.4. The average molecular weight is 469 g/mol. The van der Waals surface area contributed by atoms with Crippen molar-refractivity contribution in [1.82, 2.24) is 9.97 Å². The summed E-state index contributed by atoms with van der Waals surface area (Å²) in [6, 6.07) is 11.3. The van der Waals surface area contributed by atoms with Crippen LogP contribution in [-0.4, -0.2) is 27.1 Å². The number of hydrogen-bond acceptors (Lipinski definition) is 5. The van der Waals surface area contributed by atoms with Crippen molar-refractivity contribution in [3.8, 4) is 11.3 Å². The van der Waals surface area contributed by atoms with Crippen LogP contribution in [0.4, 0.5) is 10.2 Å². The summed E-state index contributed by atoms with van der Waals surface area (Å²) in [6.07, 6.45) is 6.60. The van der Waals surface area contributed by atoms with Crippen molar-refractivity contribution in [3.63, 3.8) is 0 Å². The predicted molar refractivity (Wildman–Crippen MR) is 127 cm³/mol. The fourth-order valence-electron chi connectivity index (χ4n) is 4.20. The number of aromatic nitrogens is 2. The van der Waals surface area contributed by atoms with Crippen LogP contribution >= 0.6 is 11.6 Å². The summed E-state index contributed by atoms with van der Waals surface area (Å²) in [7, 11) is 0. The standard InChI is InChI=1S/C25H26ClFN4O2/c26-22-14-29-20(9-15-4-6-19(28)7-5-15)12-21(22)23-10-17(25(32)33)11-24(31-23)30-13-16-2-1-3-18(27)8-16/h1-3,8,10-12,14-15,19H,4-7,9,13,28H2,(H,30,31)(H,32,33). The smallest absolute Gasteiger partial charge is 0.335 e. The highest BCUT2D eigenvalue weighted by molar-refractivity contribution is 6.33. The van der Waals surface area contributed by atoms with Crippen LogP contribution in [0.1, 0.15) is 47.3 Å². The Morgan fingerprint density at radius 3 is 2.70 bits per heavy atom. The molecule has 0 saturated heterocycles. The first-order chi connectivity index (χ1) is 15.9. The molecule has 8 heteroatoms. The molecule has 0 bridgehead atoms. The molecule has 4 N–H and O–H groups in total. The van der Waals surface area contributed by atoms with Crippen LogP contribution in [0, 0.1) is 11.7 Å². The number of carbonyl (C=O) groups is 1. The van der Waals surface area contributed by atoms with Gasteiger partial charge >= 0.3 is 5.97 Å². The van der Waals surface area contributed by atoms with E-state index in [1.807, 2.05) is 6.07 Å². The van der Waals surface area contributed by atoms with Gasteiger partial charge in [-0.3, -0.25) is 4.98 Å². The van der Waals surface area contributed by atoms with E-state index in [1.54, 1.807) is 18.3 Å². The van der Waals surface area contributed by atoms with Gasteiger partial charge in [0, 0.05) is 30.0 Å². The van der Waals surface area contributed by atoms with Crippen molar-refractivity contribution in [3.05, 3.63) is 76.3 Å². The van der Waals surface area contributed by atoms with Crippen molar-refractivity contribution in [2.45, 2.75) is 44.7 Å². The van der Waals surface area contributed by atoms with Gasteiger partial charge in [0.05, 0.1) is 16.3 Å². The first-order valence-electron chi connectivity index (χ1n) is 11.0. The van der Waals surface area contributed by atoms with Crippen molar-refractivity contribution >= 4 is 23.4 Å². The van der Waals surface area contributed by atoms with E-state index in [4.69, 9.17) is 17.3 Å². The van der Waals surface area contributed by atoms with Crippen LogP contribution in [-0.2, 0) is 13.0 Å². The molecule has 3 aromatic rings. The quantitative estimate of drug-likeness (QED) is 0.434. The molecule has 0 aliphatic heterocycles. The normalized spacial score (nSPS) is 18.2. The van der Waals surface area contributed by atoms with Crippen LogP contribution in [0.3, 0.4) is 0 Å². The molecular weight excluding hydrogens is 443 g/mol. The number of nitrogens with two attached hydrogens (primary N) is 1. The minimum atomic E-state index is -1.07. The van der Waals surface area contributed by atoms with Gasteiger partial charge in [-0.25, -0.2) is 14.2 Å². The second-order valence-corrected chi connectivity index (χ2v) is 8.96. The van der Waals surface area contributed by atoms with E-state index in [0.717, 1.165) is 43.4 Å². The summed E-state index contributed by atoms with van der Waals surface area (Å²) in [4.78, 5) is 20.8. The molecule has 0 atom stereocenters. The first kappa shape index (κ1) is 23.1. The Morgan fingerprint density at radius 1 is 1.18 bits per heavy atom. The van der Waals surface area contributed by atoms with E-state index in [9.17, 15) is 14.3 Å². The monoisotopic (exact) mass is 468 g/mol. The van der Waals surface area contributed by atoms with Gasteiger partial charge in [-0.05, 0) is 73.9 Å². The predicted octanol–water partition coefficient (Wildman–Crippen LogP) is 5.31. The fourth-order valence-corrected chi connectivity index (χ4v) is 4.40. The largest absolute Gasteiger partial charge is 0.478 e. The third-order valence-electron chi connectivity index (χ3n) is 6.01. The molecule has 2 aromatic heterocycles. The topological polar surface area (TPSA) is 101 Å². The minimum Gasteiger partial charge on any atom is -0.478 e. The average Bonchev–Trinajstić information content (AvgIpc) is 2.80. The van der Waals surface area contributed by atoms with Gasteiger partial charge < -0.3 is 16.2 Å². The Hall–Kier alpha value is -3.03. The molecular formula is C25H26ClFN4O2. The summed E-state index contributed by atoms with van der Waals surface area (Å²) in [6.45, 7) is 0.298. The Balaban J connectivity index is 1.59. The Morgan fingerprint density at radius 2 is 1.97 bits per heavy atom. The summed E-state index contributed by atoms with van der Waals surface area (Å²) >= 11 is 6.44. The molecule has 1 aromatic carbocycles. The third-order valence-corrected chi connectivity index (χ3v) is 6.31. The number of benzene rings is 1. The van der Waals surface area contributed by atoms with Crippen LogP contribution in [0.25, 0.3) is 11.3 Å². The number of hydrogen-bond donors (Lipinski definition) is 3. The highest BCUT2D eigenvalue weighted by Gasteiger charge is 2.20. The van der Waals surface area contributed by atoms with E-state index in [-0.39, 0.29) is 17.4 Å². The maximum absolute atomic E-state index is 13.5. The molecule has 0 unspecified atom stereocenters. The number of carboxylic acids is 1. The molecule has 33 heavy (non-hydrogen) atoms. The van der Waals surface area contributed by atoms with Gasteiger partial charge in [0.25, 0.3) is 0 Å². The molecule has 2 heterocycles. The molecule has 1 aliphatic rings. The van der Waals surface area contributed by atoms with Crippen molar-refractivity contribution in [2.24, 2.45) is 11.7 Å². The lowest BCUT2D eigenvalue weighted by Gasteiger charge is -2.25. The molecule has 1 aliphatic carbocycles.